The molecule has 0 atom stereocenters. The number of benzene rings is 3. The van der Waals surface area contributed by atoms with E-state index in [-0.39, 0.29) is 10.6 Å². The van der Waals surface area contributed by atoms with Crippen LogP contribution in [0.3, 0.4) is 0 Å². The Morgan fingerprint density at radius 1 is 0.862 bits per heavy atom. The standard InChI is InChI=1S/C22H18Cl2N2O3/c23-16-7-5-15(6-8-16)13-14-29-18-11-9-17(10-12-18)25-22(28)26-21(27)19-3-1-2-4-20(19)24/h1-12H,13-14H2,(H2,25,26,27,28). The van der Waals surface area contributed by atoms with Crippen LogP contribution in [0.4, 0.5) is 10.5 Å². The van der Waals surface area contributed by atoms with Gasteiger partial charge >= 0.3 is 6.03 Å². The fourth-order valence-corrected chi connectivity index (χ4v) is 2.90. The fraction of sp³-hybridized carbons (Fsp3) is 0.0909. The van der Waals surface area contributed by atoms with Crippen LogP contribution in [0.15, 0.2) is 72.8 Å². The number of ether oxygens (including phenoxy) is 1. The topological polar surface area (TPSA) is 67.4 Å². The zero-order valence-corrected chi connectivity index (χ0v) is 16.8. The fourth-order valence-electron chi connectivity index (χ4n) is 2.55. The van der Waals surface area contributed by atoms with Gasteiger partial charge in [0.2, 0.25) is 0 Å². The van der Waals surface area contributed by atoms with Gasteiger partial charge in [-0.25, -0.2) is 4.79 Å². The van der Waals surface area contributed by atoms with Gasteiger partial charge in [-0.3, -0.25) is 10.1 Å². The summed E-state index contributed by atoms with van der Waals surface area (Å²) in [7, 11) is 0. The minimum Gasteiger partial charge on any atom is -0.493 e. The van der Waals surface area contributed by atoms with Gasteiger partial charge in [-0.05, 0) is 54.1 Å². The number of anilines is 1. The monoisotopic (exact) mass is 428 g/mol. The number of urea groups is 1. The largest absolute Gasteiger partial charge is 0.493 e. The summed E-state index contributed by atoms with van der Waals surface area (Å²) in [5.74, 6) is 0.104. The van der Waals surface area contributed by atoms with E-state index < -0.39 is 11.9 Å². The molecule has 5 nitrogen and oxygen atoms in total. The Balaban J connectivity index is 1.47. The average Bonchev–Trinajstić information content (AvgIpc) is 2.71. The Hall–Kier alpha value is -3.02. The molecule has 0 saturated carbocycles. The number of hydrogen-bond acceptors (Lipinski definition) is 3. The van der Waals surface area contributed by atoms with Crippen LogP contribution < -0.4 is 15.4 Å². The first kappa shape index (κ1) is 20.7. The molecule has 0 aliphatic rings. The molecule has 29 heavy (non-hydrogen) atoms. The summed E-state index contributed by atoms with van der Waals surface area (Å²) < 4.78 is 5.71. The third-order valence-corrected chi connectivity index (χ3v) is 4.61. The Morgan fingerprint density at radius 3 is 2.24 bits per heavy atom. The van der Waals surface area contributed by atoms with E-state index in [0.29, 0.717) is 23.1 Å². The van der Waals surface area contributed by atoms with Crippen molar-refractivity contribution in [2.75, 3.05) is 11.9 Å². The molecule has 0 bridgehead atoms. The number of amides is 3. The lowest BCUT2D eigenvalue weighted by atomic mass is 10.2. The summed E-state index contributed by atoms with van der Waals surface area (Å²) in [4.78, 5) is 24.1. The summed E-state index contributed by atoms with van der Waals surface area (Å²) in [5, 5.41) is 5.82. The van der Waals surface area contributed by atoms with Crippen molar-refractivity contribution in [2.24, 2.45) is 0 Å². The predicted molar refractivity (Wildman–Crippen MR) is 115 cm³/mol. The average molecular weight is 429 g/mol. The summed E-state index contributed by atoms with van der Waals surface area (Å²) in [6.07, 6.45) is 0.754. The van der Waals surface area contributed by atoms with Gasteiger partial charge in [-0.1, -0.05) is 47.5 Å². The van der Waals surface area contributed by atoms with Crippen LogP contribution in [0, 0.1) is 0 Å². The number of halogens is 2. The number of carbonyl (C=O) groups excluding carboxylic acids is 2. The maximum atomic E-state index is 12.1. The van der Waals surface area contributed by atoms with Gasteiger partial charge in [0.1, 0.15) is 5.75 Å². The molecule has 0 unspecified atom stereocenters. The maximum absolute atomic E-state index is 12.1. The molecule has 0 radical (unpaired) electrons. The Bertz CT molecular complexity index is 990. The molecular weight excluding hydrogens is 411 g/mol. The number of nitrogens with one attached hydrogen (secondary N) is 2. The van der Waals surface area contributed by atoms with Gasteiger partial charge in [0.25, 0.3) is 5.91 Å². The molecule has 0 aliphatic carbocycles. The van der Waals surface area contributed by atoms with Crippen molar-refractivity contribution in [2.45, 2.75) is 6.42 Å². The molecular formula is C22H18Cl2N2O3. The quantitative estimate of drug-likeness (QED) is 0.538. The molecule has 0 spiro atoms. The lowest BCUT2D eigenvalue weighted by Crippen LogP contribution is -2.34. The molecule has 0 aromatic heterocycles. The van der Waals surface area contributed by atoms with E-state index in [2.05, 4.69) is 10.6 Å². The zero-order valence-electron chi connectivity index (χ0n) is 15.3. The van der Waals surface area contributed by atoms with Gasteiger partial charge in [0.05, 0.1) is 17.2 Å². The van der Waals surface area contributed by atoms with Gasteiger partial charge < -0.3 is 10.1 Å². The van der Waals surface area contributed by atoms with Crippen LogP contribution in [0.5, 0.6) is 5.75 Å². The zero-order chi connectivity index (χ0) is 20.6. The highest BCUT2D eigenvalue weighted by Crippen LogP contribution is 2.17. The summed E-state index contributed by atoms with van der Waals surface area (Å²) >= 11 is 11.8. The van der Waals surface area contributed by atoms with E-state index in [0.717, 1.165) is 12.0 Å². The van der Waals surface area contributed by atoms with Crippen molar-refractivity contribution >= 4 is 40.8 Å². The molecule has 7 heteroatoms. The highest BCUT2D eigenvalue weighted by molar-refractivity contribution is 6.34. The third-order valence-electron chi connectivity index (χ3n) is 4.03. The molecule has 3 aromatic rings. The van der Waals surface area contributed by atoms with Gasteiger partial charge in [-0.15, -0.1) is 0 Å². The molecule has 0 saturated heterocycles. The SMILES string of the molecule is O=C(NC(=O)c1ccccc1Cl)Nc1ccc(OCCc2ccc(Cl)cc2)cc1. The van der Waals surface area contributed by atoms with Crippen LogP contribution in [0.2, 0.25) is 10.0 Å². The van der Waals surface area contributed by atoms with Crippen molar-refractivity contribution < 1.29 is 14.3 Å². The number of rotatable bonds is 6. The van der Waals surface area contributed by atoms with Crippen LogP contribution in [-0.4, -0.2) is 18.5 Å². The summed E-state index contributed by atoms with van der Waals surface area (Å²) in [6.45, 7) is 0.515. The minimum absolute atomic E-state index is 0.230. The van der Waals surface area contributed by atoms with Gasteiger partial charge in [-0.2, -0.15) is 0 Å². The van der Waals surface area contributed by atoms with E-state index in [4.69, 9.17) is 27.9 Å². The van der Waals surface area contributed by atoms with Crippen molar-refractivity contribution in [1.29, 1.82) is 0 Å². The van der Waals surface area contributed by atoms with Gasteiger partial charge in [0.15, 0.2) is 0 Å². The smallest absolute Gasteiger partial charge is 0.326 e. The Labute approximate surface area is 178 Å². The van der Waals surface area contributed by atoms with Crippen LogP contribution in [-0.2, 0) is 6.42 Å². The van der Waals surface area contributed by atoms with Crippen LogP contribution in [0.25, 0.3) is 0 Å². The Morgan fingerprint density at radius 2 is 1.55 bits per heavy atom. The van der Waals surface area contributed by atoms with Crippen LogP contribution in [0.1, 0.15) is 15.9 Å². The predicted octanol–water partition coefficient (Wildman–Crippen LogP) is 5.58. The summed E-state index contributed by atoms with van der Waals surface area (Å²) in [5.41, 5.74) is 1.89. The molecule has 2 N–H and O–H groups in total. The van der Waals surface area contributed by atoms with E-state index in [1.54, 1.807) is 48.5 Å². The third kappa shape index (κ3) is 6.24. The molecule has 0 fully saturated rings. The van der Waals surface area contributed by atoms with Gasteiger partial charge in [0, 0.05) is 17.1 Å². The number of imide groups is 1. The van der Waals surface area contributed by atoms with E-state index in [1.165, 1.54) is 0 Å². The molecule has 148 valence electrons. The van der Waals surface area contributed by atoms with E-state index in [9.17, 15) is 9.59 Å². The second kappa shape index (κ2) is 9.96. The van der Waals surface area contributed by atoms with E-state index in [1.807, 2.05) is 24.3 Å². The first-order chi connectivity index (χ1) is 14.0. The van der Waals surface area contributed by atoms with Crippen molar-refractivity contribution in [3.63, 3.8) is 0 Å². The van der Waals surface area contributed by atoms with Crippen molar-refractivity contribution in [3.8, 4) is 5.75 Å². The molecule has 3 amide bonds. The van der Waals surface area contributed by atoms with E-state index >= 15 is 0 Å². The number of hydrogen-bond donors (Lipinski definition) is 2. The number of carbonyl (C=O) groups is 2. The Kier molecular flexibility index (Phi) is 7.11. The van der Waals surface area contributed by atoms with Crippen LogP contribution >= 0.6 is 23.2 Å². The minimum atomic E-state index is -0.647. The molecule has 3 aromatic carbocycles. The highest BCUT2D eigenvalue weighted by atomic mass is 35.5. The second-order valence-corrected chi connectivity index (χ2v) is 6.98. The second-order valence-electron chi connectivity index (χ2n) is 6.14. The molecule has 0 aliphatic heterocycles. The normalized spacial score (nSPS) is 10.3. The maximum Gasteiger partial charge on any atom is 0.326 e. The lowest BCUT2D eigenvalue weighted by molar-refractivity contribution is 0.0967. The first-order valence-corrected chi connectivity index (χ1v) is 9.61. The van der Waals surface area contributed by atoms with Crippen molar-refractivity contribution in [1.82, 2.24) is 5.32 Å². The lowest BCUT2D eigenvalue weighted by Gasteiger charge is -2.09. The van der Waals surface area contributed by atoms with Crippen molar-refractivity contribution in [3.05, 3.63) is 94.0 Å². The first-order valence-electron chi connectivity index (χ1n) is 8.85. The summed E-state index contributed by atoms with van der Waals surface area (Å²) in [6, 6.07) is 20.3. The highest BCUT2D eigenvalue weighted by Gasteiger charge is 2.13. The molecule has 0 heterocycles. The molecule has 3 rings (SSSR count).